The molecule has 0 fully saturated rings. The lowest BCUT2D eigenvalue weighted by atomic mass is 10.1. The molecule has 2 aromatic carbocycles. The topological polar surface area (TPSA) is 84.0 Å². The minimum absolute atomic E-state index is 0.0173. The Balaban J connectivity index is 1.81. The lowest BCUT2D eigenvalue weighted by Gasteiger charge is -2.13. The smallest absolute Gasteiger partial charge is 0.274 e. The molecule has 6 nitrogen and oxygen atoms in total. The van der Waals surface area contributed by atoms with Gasteiger partial charge >= 0.3 is 0 Å². The number of aryl methyl sites for hydroxylation is 2. The van der Waals surface area contributed by atoms with Crippen molar-refractivity contribution >= 4 is 28.9 Å². The van der Waals surface area contributed by atoms with Crippen LogP contribution >= 0.6 is 0 Å². The second-order valence-corrected chi connectivity index (χ2v) is 6.47. The summed E-state index contributed by atoms with van der Waals surface area (Å²) in [5.74, 6) is 0.157. The maximum absolute atomic E-state index is 12.7. The zero-order chi connectivity index (χ0) is 20.1. The average Bonchev–Trinajstić information content (AvgIpc) is 2.69. The van der Waals surface area contributed by atoms with E-state index in [0.29, 0.717) is 17.1 Å². The first kappa shape index (κ1) is 19.2. The third-order valence-corrected chi connectivity index (χ3v) is 4.42. The SMILES string of the molecule is CCc1cccc(C)c1NC(=O)c1cc(Nc2cccc(C(C)=O)c2)ncn1. The van der Waals surface area contributed by atoms with Gasteiger partial charge < -0.3 is 10.6 Å². The standard InChI is InChI=1S/C22H22N4O2/c1-4-16-8-5-7-14(2)21(16)26-22(28)19-12-20(24-13-23-19)25-18-10-6-9-17(11-18)15(3)27/h5-13H,4H2,1-3H3,(H,26,28)(H,23,24,25). The van der Waals surface area contributed by atoms with Crippen LogP contribution < -0.4 is 10.6 Å². The first-order valence-electron chi connectivity index (χ1n) is 9.08. The number of para-hydroxylation sites is 1. The number of amides is 1. The van der Waals surface area contributed by atoms with E-state index in [4.69, 9.17) is 0 Å². The van der Waals surface area contributed by atoms with Gasteiger partial charge in [0.05, 0.1) is 0 Å². The van der Waals surface area contributed by atoms with Crippen LogP contribution in [0.3, 0.4) is 0 Å². The second-order valence-electron chi connectivity index (χ2n) is 6.47. The van der Waals surface area contributed by atoms with Crippen LogP contribution in [0.5, 0.6) is 0 Å². The van der Waals surface area contributed by atoms with Crippen molar-refractivity contribution in [2.75, 3.05) is 10.6 Å². The van der Waals surface area contributed by atoms with Crippen LogP contribution in [0.25, 0.3) is 0 Å². The van der Waals surface area contributed by atoms with Crippen molar-refractivity contribution in [2.45, 2.75) is 27.2 Å². The zero-order valence-corrected chi connectivity index (χ0v) is 16.1. The number of anilines is 3. The Kier molecular flexibility index (Phi) is 5.79. The number of nitrogens with one attached hydrogen (secondary N) is 2. The largest absolute Gasteiger partial charge is 0.340 e. The molecule has 0 aliphatic carbocycles. The predicted octanol–water partition coefficient (Wildman–Crippen LogP) is 4.55. The van der Waals surface area contributed by atoms with Crippen LogP contribution in [0.4, 0.5) is 17.2 Å². The third kappa shape index (κ3) is 4.40. The number of carbonyl (C=O) groups is 2. The number of hydrogen-bond acceptors (Lipinski definition) is 5. The predicted molar refractivity (Wildman–Crippen MR) is 110 cm³/mol. The Morgan fingerprint density at radius 1 is 1.04 bits per heavy atom. The van der Waals surface area contributed by atoms with Gasteiger partial charge in [0.25, 0.3) is 5.91 Å². The molecule has 0 saturated carbocycles. The Morgan fingerprint density at radius 2 is 1.82 bits per heavy atom. The molecular formula is C22H22N4O2. The van der Waals surface area contributed by atoms with E-state index in [1.807, 2.05) is 38.1 Å². The lowest BCUT2D eigenvalue weighted by Crippen LogP contribution is -2.16. The van der Waals surface area contributed by atoms with Gasteiger partial charge in [-0.15, -0.1) is 0 Å². The molecular weight excluding hydrogens is 352 g/mol. The van der Waals surface area contributed by atoms with E-state index in [0.717, 1.165) is 23.2 Å². The van der Waals surface area contributed by atoms with E-state index >= 15 is 0 Å². The fourth-order valence-electron chi connectivity index (χ4n) is 2.89. The van der Waals surface area contributed by atoms with Crippen LogP contribution in [0.2, 0.25) is 0 Å². The zero-order valence-electron chi connectivity index (χ0n) is 16.1. The van der Waals surface area contributed by atoms with Crippen LogP contribution in [0.1, 0.15) is 45.8 Å². The van der Waals surface area contributed by atoms with Crippen molar-refractivity contribution < 1.29 is 9.59 Å². The number of benzene rings is 2. The molecule has 2 N–H and O–H groups in total. The summed E-state index contributed by atoms with van der Waals surface area (Å²) < 4.78 is 0. The van der Waals surface area contributed by atoms with Gasteiger partial charge in [-0.3, -0.25) is 9.59 Å². The van der Waals surface area contributed by atoms with E-state index in [1.54, 1.807) is 24.3 Å². The number of hydrogen-bond donors (Lipinski definition) is 2. The fraction of sp³-hybridized carbons (Fsp3) is 0.182. The molecule has 1 aromatic heterocycles. The van der Waals surface area contributed by atoms with Crippen molar-refractivity contribution in [3.63, 3.8) is 0 Å². The summed E-state index contributed by atoms with van der Waals surface area (Å²) in [7, 11) is 0. The molecule has 0 radical (unpaired) electrons. The van der Waals surface area contributed by atoms with Gasteiger partial charge in [0.1, 0.15) is 17.8 Å². The fourth-order valence-corrected chi connectivity index (χ4v) is 2.89. The van der Waals surface area contributed by atoms with Crippen LogP contribution in [0, 0.1) is 6.92 Å². The maximum atomic E-state index is 12.7. The molecule has 0 bridgehead atoms. The lowest BCUT2D eigenvalue weighted by molar-refractivity contribution is 0.101. The number of carbonyl (C=O) groups excluding carboxylic acids is 2. The van der Waals surface area contributed by atoms with Crippen molar-refractivity contribution in [1.82, 2.24) is 9.97 Å². The van der Waals surface area contributed by atoms with Crippen LogP contribution in [-0.4, -0.2) is 21.7 Å². The van der Waals surface area contributed by atoms with Gasteiger partial charge in [-0.05, 0) is 43.5 Å². The van der Waals surface area contributed by atoms with Crippen molar-refractivity contribution in [3.8, 4) is 0 Å². The summed E-state index contributed by atoms with van der Waals surface area (Å²) >= 11 is 0. The molecule has 0 spiro atoms. The summed E-state index contributed by atoms with van der Waals surface area (Å²) in [5.41, 5.74) is 4.46. The molecule has 0 aliphatic heterocycles. The van der Waals surface area contributed by atoms with E-state index in [2.05, 4.69) is 20.6 Å². The number of nitrogens with zero attached hydrogens (tertiary/aromatic N) is 2. The van der Waals surface area contributed by atoms with Crippen LogP contribution in [0.15, 0.2) is 54.9 Å². The first-order chi connectivity index (χ1) is 13.5. The Hall–Kier alpha value is -3.54. The molecule has 3 aromatic rings. The highest BCUT2D eigenvalue weighted by Crippen LogP contribution is 2.22. The summed E-state index contributed by atoms with van der Waals surface area (Å²) in [6.07, 6.45) is 2.16. The van der Waals surface area contributed by atoms with E-state index in [-0.39, 0.29) is 17.4 Å². The molecule has 1 heterocycles. The van der Waals surface area contributed by atoms with Crippen molar-refractivity contribution in [1.29, 1.82) is 0 Å². The first-order valence-corrected chi connectivity index (χ1v) is 9.08. The maximum Gasteiger partial charge on any atom is 0.274 e. The van der Waals surface area contributed by atoms with Crippen molar-refractivity contribution in [2.24, 2.45) is 0 Å². The monoisotopic (exact) mass is 374 g/mol. The molecule has 3 rings (SSSR count). The van der Waals surface area contributed by atoms with Gasteiger partial charge in [0, 0.05) is 23.0 Å². The van der Waals surface area contributed by atoms with E-state index in [9.17, 15) is 9.59 Å². The minimum Gasteiger partial charge on any atom is -0.340 e. The van der Waals surface area contributed by atoms with Gasteiger partial charge in [-0.1, -0.05) is 37.3 Å². The van der Waals surface area contributed by atoms with Gasteiger partial charge in [0.2, 0.25) is 0 Å². The third-order valence-electron chi connectivity index (χ3n) is 4.42. The number of aromatic nitrogens is 2. The van der Waals surface area contributed by atoms with Crippen molar-refractivity contribution in [3.05, 3.63) is 77.2 Å². The highest BCUT2D eigenvalue weighted by molar-refractivity contribution is 6.04. The molecule has 28 heavy (non-hydrogen) atoms. The summed E-state index contributed by atoms with van der Waals surface area (Å²) in [6, 6.07) is 14.6. The molecule has 0 unspecified atom stereocenters. The molecule has 142 valence electrons. The molecule has 1 amide bonds. The van der Waals surface area contributed by atoms with Crippen LogP contribution in [-0.2, 0) is 6.42 Å². The summed E-state index contributed by atoms with van der Waals surface area (Å²) in [6.45, 7) is 5.53. The van der Waals surface area contributed by atoms with E-state index in [1.165, 1.54) is 13.3 Å². The van der Waals surface area contributed by atoms with Gasteiger partial charge in [-0.2, -0.15) is 0 Å². The minimum atomic E-state index is -0.299. The number of ketones is 1. The summed E-state index contributed by atoms with van der Waals surface area (Å²) in [4.78, 5) is 32.5. The normalized spacial score (nSPS) is 10.4. The highest BCUT2D eigenvalue weighted by Gasteiger charge is 2.13. The number of rotatable bonds is 6. The quantitative estimate of drug-likeness (QED) is 0.619. The highest BCUT2D eigenvalue weighted by atomic mass is 16.2. The number of Topliss-reactive ketones (excluding diaryl/α,β-unsaturated/α-hetero) is 1. The molecule has 6 heteroatoms. The van der Waals surface area contributed by atoms with Gasteiger partial charge in [-0.25, -0.2) is 9.97 Å². The van der Waals surface area contributed by atoms with Gasteiger partial charge in [0.15, 0.2) is 5.78 Å². The second kappa shape index (κ2) is 8.43. The Labute approximate surface area is 164 Å². The Bertz CT molecular complexity index is 1030. The Morgan fingerprint density at radius 3 is 2.57 bits per heavy atom. The molecule has 0 atom stereocenters. The summed E-state index contributed by atoms with van der Waals surface area (Å²) in [5, 5.41) is 6.07. The average molecular weight is 374 g/mol. The molecule has 0 aliphatic rings. The van der Waals surface area contributed by atoms with E-state index < -0.39 is 0 Å². The molecule has 0 saturated heterocycles.